The summed E-state index contributed by atoms with van der Waals surface area (Å²) >= 11 is 0. The van der Waals surface area contributed by atoms with Gasteiger partial charge in [0, 0.05) is 30.4 Å². The van der Waals surface area contributed by atoms with Crippen molar-refractivity contribution in [2.75, 3.05) is 22.9 Å². The molecule has 2 aromatic carbocycles. The van der Waals surface area contributed by atoms with Gasteiger partial charge in [-0.2, -0.15) is 0 Å². The molecule has 0 spiro atoms. The molecule has 1 fully saturated rings. The number of carbonyl (C=O) groups excluding carboxylic acids is 2. The van der Waals surface area contributed by atoms with Crippen LogP contribution in [-0.4, -0.2) is 29.9 Å². The number of hydrogen-bond donors (Lipinski definition) is 1. The molecule has 5 nitrogen and oxygen atoms in total. The maximum Gasteiger partial charge on any atom is 0.294 e. The molecule has 0 radical (unpaired) electrons. The van der Waals surface area contributed by atoms with Gasteiger partial charge in [-0.3, -0.25) is 14.5 Å². The van der Waals surface area contributed by atoms with Crippen LogP contribution in [-0.2, 0) is 9.59 Å². The van der Waals surface area contributed by atoms with Crippen LogP contribution in [0.1, 0.15) is 44.7 Å². The third-order valence-electron chi connectivity index (χ3n) is 5.96. The van der Waals surface area contributed by atoms with Crippen LogP contribution in [0.4, 0.5) is 11.4 Å². The molecule has 1 unspecified atom stereocenters. The Morgan fingerprint density at radius 3 is 2.13 bits per heavy atom. The van der Waals surface area contributed by atoms with Crippen molar-refractivity contribution in [3.63, 3.8) is 0 Å². The molecule has 0 aliphatic carbocycles. The van der Waals surface area contributed by atoms with Crippen molar-refractivity contribution in [3.8, 4) is 0 Å². The fourth-order valence-electron chi connectivity index (χ4n) is 4.36. The second-order valence-corrected chi connectivity index (χ2v) is 8.33. The van der Waals surface area contributed by atoms with E-state index in [1.54, 1.807) is 18.7 Å². The maximum absolute atomic E-state index is 13.1. The molecule has 30 heavy (non-hydrogen) atoms. The van der Waals surface area contributed by atoms with Crippen LogP contribution >= 0.6 is 0 Å². The zero-order valence-corrected chi connectivity index (χ0v) is 17.5. The van der Waals surface area contributed by atoms with Gasteiger partial charge in [0.25, 0.3) is 5.91 Å². The lowest BCUT2D eigenvalue weighted by Crippen LogP contribution is -2.32. The summed E-state index contributed by atoms with van der Waals surface area (Å²) in [4.78, 5) is 29.9. The number of carbonyl (C=O) groups is 2. The predicted molar refractivity (Wildman–Crippen MR) is 119 cm³/mol. The molecule has 1 saturated heterocycles. The summed E-state index contributed by atoms with van der Waals surface area (Å²) in [6, 6.07) is 16.7. The second-order valence-electron chi connectivity index (χ2n) is 8.33. The van der Waals surface area contributed by atoms with Crippen LogP contribution in [0.25, 0.3) is 0 Å². The maximum atomic E-state index is 13.1. The summed E-state index contributed by atoms with van der Waals surface area (Å²) in [5.74, 6) is -1.49. The number of rotatable bonds is 5. The van der Waals surface area contributed by atoms with E-state index in [0.717, 1.165) is 24.3 Å². The van der Waals surface area contributed by atoms with E-state index in [1.165, 1.54) is 19.3 Å². The van der Waals surface area contributed by atoms with Crippen molar-refractivity contribution in [1.29, 1.82) is 0 Å². The van der Waals surface area contributed by atoms with E-state index in [9.17, 15) is 14.7 Å². The fraction of sp³-hybridized carbons (Fsp3) is 0.360. The Bertz CT molecular complexity index is 958. The lowest BCUT2D eigenvalue weighted by molar-refractivity contribution is -0.119. The van der Waals surface area contributed by atoms with Crippen molar-refractivity contribution in [1.82, 2.24) is 0 Å². The Morgan fingerprint density at radius 1 is 0.933 bits per heavy atom. The van der Waals surface area contributed by atoms with Gasteiger partial charge in [0.05, 0.1) is 11.6 Å². The van der Waals surface area contributed by atoms with Crippen LogP contribution in [0.3, 0.4) is 0 Å². The Kier molecular flexibility index (Phi) is 5.62. The van der Waals surface area contributed by atoms with E-state index >= 15 is 0 Å². The van der Waals surface area contributed by atoms with Crippen molar-refractivity contribution in [3.05, 3.63) is 71.5 Å². The standard InChI is InChI=1S/C25H28N2O3/c1-17(2)23(28)21-22(18-9-5-3-6-10-18)27(25(30)24(21)29)20-13-11-19(12-14-20)26-15-7-4-8-16-26/h3,5-6,9-14,17,22,29H,4,7-8,15-16H2,1-2H3. The number of ketones is 1. The minimum Gasteiger partial charge on any atom is -0.503 e. The topological polar surface area (TPSA) is 60.9 Å². The quantitative estimate of drug-likeness (QED) is 0.777. The highest BCUT2D eigenvalue weighted by Gasteiger charge is 2.44. The van der Waals surface area contributed by atoms with Gasteiger partial charge in [-0.25, -0.2) is 0 Å². The third kappa shape index (κ3) is 3.60. The highest BCUT2D eigenvalue weighted by molar-refractivity contribution is 6.16. The monoisotopic (exact) mass is 404 g/mol. The zero-order valence-electron chi connectivity index (χ0n) is 17.5. The number of anilines is 2. The van der Waals surface area contributed by atoms with Crippen molar-refractivity contribution in [2.24, 2.45) is 5.92 Å². The van der Waals surface area contributed by atoms with E-state index in [2.05, 4.69) is 4.90 Å². The van der Waals surface area contributed by atoms with Crippen LogP contribution < -0.4 is 9.80 Å². The molecule has 1 N–H and O–H groups in total. The first-order valence-electron chi connectivity index (χ1n) is 10.7. The molecule has 2 aliphatic heterocycles. The molecular formula is C25H28N2O3. The SMILES string of the molecule is CC(C)C(=O)C1=C(O)C(=O)N(c2ccc(N3CCCCC3)cc2)C1c1ccccc1. The largest absolute Gasteiger partial charge is 0.503 e. The highest BCUT2D eigenvalue weighted by atomic mass is 16.3. The number of benzene rings is 2. The molecular weight excluding hydrogens is 376 g/mol. The Morgan fingerprint density at radius 2 is 1.53 bits per heavy atom. The van der Waals surface area contributed by atoms with E-state index in [4.69, 9.17) is 0 Å². The van der Waals surface area contributed by atoms with Crippen LogP contribution in [0.5, 0.6) is 0 Å². The smallest absolute Gasteiger partial charge is 0.294 e. The first kappa shape index (κ1) is 20.2. The van der Waals surface area contributed by atoms with E-state index in [-0.39, 0.29) is 17.3 Å². The van der Waals surface area contributed by atoms with Gasteiger partial charge in [0.1, 0.15) is 0 Å². The van der Waals surface area contributed by atoms with Gasteiger partial charge in [-0.05, 0) is 49.1 Å². The van der Waals surface area contributed by atoms with E-state index < -0.39 is 17.7 Å². The molecule has 1 atom stereocenters. The molecule has 2 aliphatic rings. The Labute approximate surface area is 177 Å². The Balaban J connectivity index is 1.72. The summed E-state index contributed by atoms with van der Waals surface area (Å²) in [5.41, 5.74) is 2.80. The van der Waals surface area contributed by atoms with Crippen molar-refractivity contribution in [2.45, 2.75) is 39.2 Å². The fourth-order valence-corrected chi connectivity index (χ4v) is 4.36. The lowest BCUT2D eigenvalue weighted by Gasteiger charge is -2.30. The normalized spacial score (nSPS) is 19.7. The molecule has 4 rings (SSSR count). The number of aliphatic hydroxyl groups excluding tert-OH is 1. The van der Waals surface area contributed by atoms with Gasteiger partial charge in [0.15, 0.2) is 11.5 Å². The number of nitrogens with zero attached hydrogens (tertiary/aromatic N) is 2. The van der Waals surface area contributed by atoms with Crippen LogP contribution in [0.15, 0.2) is 65.9 Å². The summed E-state index contributed by atoms with van der Waals surface area (Å²) in [6.07, 6.45) is 3.66. The number of amides is 1. The first-order valence-corrected chi connectivity index (χ1v) is 10.7. The van der Waals surface area contributed by atoms with Crippen molar-refractivity contribution >= 4 is 23.1 Å². The molecule has 2 heterocycles. The molecule has 1 amide bonds. The summed E-state index contributed by atoms with van der Waals surface area (Å²) < 4.78 is 0. The van der Waals surface area contributed by atoms with Crippen LogP contribution in [0.2, 0.25) is 0 Å². The minimum atomic E-state index is -0.630. The zero-order chi connectivity index (χ0) is 21.3. The van der Waals surface area contributed by atoms with Crippen molar-refractivity contribution < 1.29 is 14.7 Å². The van der Waals surface area contributed by atoms with E-state index in [0.29, 0.717) is 5.69 Å². The van der Waals surface area contributed by atoms with Gasteiger partial charge < -0.3 is 10.0 Å². The van der Waals surface area contributed by atoms with Gasteiger partial charge in [-0.15, -0.1) is 0 Å². The Hall–Kier alpha value is -3.08. The molecule has 0 bridgehead atoms. The number of hydrogen-bond acceptors (Lipinski definition) is 4. The minimum absolute atomic E-state index is 0.182. The van der Waals surface area contributed by atoms with E-state index in [1.807, 2.05) is 54.6 Å². The molecule has 0 aromatic heterocycles. The highest BCUT2D eigenvalue weighted by Crippen LogP contribution is 2.42. The molecule has 2 aromatic rings. The van der Waals surface area contributed by atoms with Gasteiger partial charge in [-0.1, -0.05) is 44.2 Å². The van der Waals surface area contributed by atoms with Gasteiger partial charge in [0.2, 0.25) is 0 Å². The van der Waals surface area contributed by atoms with Gasteiger partial charge >= 0.3 is 0 Å². The second kappa shape index (κ2) is 8.34. The average molecular weight is 405 g/mol. The summed E-state index contributed by atoms with van der Waals surface area (Å²) in [7, 11) is 0. The molecule has 156 valence electrons. The average Bonchev–Trinajstić information content (AvgIpc) is 3.05. The number of piperidine rings is 1. The lowest BCUT2D eigenvalue weighted by atomic mass is 9.91. The molecule has 5 heteroatoms. The predicted octanol–water partition coefficient (Wildman–Crippen LogP) is 4.80. The summed E-state index contributed by atoms with van der Waals surface area (Å²) in [6.45, 7) is 5.66. The third-order valence-corrected chi connectivity index (χ3v) is 5.96. The molecule has 0 saturated carbocycles. The van der Waals surface area contributed by atoms with Crippen LogP contribution in [0, 0.1) is 5.92 Å². The number of aliphatic hydroxyl groups is 1. The summed E-state index contributed by atoms with van der Waals surface area (Å²) in [5, 5.41) is 10.7. The number of Topliss-reactive ketones (excluding diaryl/α,β-unsaturated/α-hetero) is 1. The first-order chi connectivity index (χ1) is 14.5.